The molecule has 1 atom stereocenters. The summed E-state index contributed by atoms with van der Waals surface area (Å²) in [7, 11) is 0. The summed E-state index contributed by atoms with van der Waals surface area (Å²) in [5.74, 6) is 0.644. The molecule has 1 nitrogen and oxygen atoms in total. The van der Waals surface area contributed by atoms with Gasteiger partial charge in [0.1, 0.15) is 0 Å². The van der Waals surface area contributed by atoms with Crippen molar-refractivity contribution in [1.29, 1.82) is 0 Å². The van der Waals surface area contributed by atoms with E-state index in [1.54, 1.807) is 0 Å². The van der Waals surface area contributed by atoms with E-state index in [-0.39, 0.29) is 5.54 Å². The molecule has 0 amide bonds. The van der Waals surface area contributed by atoms with E-state index in [1.165, 1.54) is 36.8 Å². The summed E-state index contributed by atoms with van der Waals surface area (Å²) >= 11 is 0. The Kier molecular flexibility index (Phi) is 2.83. The molecular weight excluding hydrogens is 182 g/mol. The molecule has 0 aromatic heterocycles. The summed E-state index contributed by atoms with van der Waals surface area (Å²) in [6.45, 7) is 4.46. The Bertz CT molecular complexity index is 339. The maximum Gasteiger partial charge on any atom is 0.0155 e. The van der Waals surface area contributed by atoms with Crippen LogP contribution in [0.1, 0.15) is 49.7 Å². The van der Waals surface area contributed by atoms with E-state index in [0.29, 0.717) is 5.92 Å². The molecule has 1 aliphatic carbocycles. The van der Waals surface area contributed by atoms with Crippen molar-refractivity contribution in [2.45, 2.75) is 51.0 Å². The Balaban J connectivity index is 1.92. The van der Waals surface area contributed by atoms with Gasteiger partial charge in [-0.3, -0.25) is 0 Å². The molecule has 15 heavy (non-hydrogen) atoms. The Morgan fingerprint density at radius 1 is 1.40 bits per heavy atom. The molecule has 1 fully saturated rings. The summed E-state index contributed by atoms with van der Waals surface area (Å²) in [5.41, 5.74) is 9.12. The highest BCUT2D eigenvalue weighted by Crippen LogP contribution is 2.38. The van der Waals surface area contributed by atoms with Crippen LogP contribution in [0.25, 0.3) is 0 Å². The van der Waals surface area contributed by atoms with Crippen molar-refractivity contribution in [3.63, 3.8) is 0 Å². The smallest absolute Gasteiger partial charge is 0.0155 e. The Morgan fingerprint density at radius 3 is 2.73 bits per heavy atom. The molecule has 1 heteroatoms. The van der Waals surface area contributed by atoms with Crippen LogP contribution in [-0.2, 0) is 0 Å². The lowest BCUT2D eigenvalue weighted by atomic mass is 9.93. The molecule has 0 bridgehead atoms. The number of aryl methyl sites for hydroxylation is 1. The maximum atomic E-state index is 6.10. The summed E-state index contributed by atoms with van der Waals surface area (Å²) in [6, 6.07) is 8.83. The molecule has 0 spiro atoms. The third kappa shape index (κ3) is 2.82. The van der Waals surface area contributed by atoms with Crippen LogP contribution >= 0.6 is 0 Å². The first-order chi connectivity index (χ1) is 7.09. The fraction of sp³-hybridized carbons (Fsp3) is 0.571. The number of rotatable bonds is 4. The van der Waals surface area contributed by atoms with Crippen molar-refractivity contribution in [1.82, 2.24) is 0 Å². The average Bonchev–Trinajstić information content (AvgIpc) is 2.94. The molecule has 0 radical (unpaired) electrons. The monoisotopic (exact) mass is 203 g/mol. The molecule has 0 aliphatic heterocycles. The number of hydrogen-bond donors (Lipinski definition) is 1. The number of nitrogens with two attached hydrogens (primary N) is 1. The lowest BCUT2D eigenvalue weighted by Crippen LogP contribution is -2.21. The first kappa shape index (κ1) is 10.7. The van der Waals surface area contributed by atoms with Crippen molar-refractivity contribution in [2.75, 3.05) is 0 Å². The van der Waals surface area contributed by atoms with Crippen LogP contribution in [0.15, 0.2) is 24.3 Å². The lowest BCUT2D eigenvalue weighted by molar-refractivity contribution is 0.533. The molecular formula is C14H21N. The zero-order chi connectivity index (χ0) is 10.9. The third-order valence-corrected chi connectivity index (χ3v) is 3.58. The van der Waals surface area contributed by atoms with Gasteiger partial charge >= 0.3 is 0 Å². The van der Waals surface area contributed by atoms with Gasteiger partial charge in [-0.15, -0.1) is 0 Å². The van der Waals surface area contributed by atoms with Gasteiger partial charge in [0, 0.05) is 5.54 Å². The van der Waals surface area contributed by atoms with Crippen molar-refractivity contribution in [3.05, 3.63) is 35.4 Å². The zero-order valence-electron chi connectivity index (χ0n) is 9.79. The van der Waals surface area contributed by atoms with Crippen LogP contribution in [0, 0.1) is 6.92 Å². The summed E-state index contributed by atoms with van der Waals surface area (Å²) in [4.78, 5) is 0. The first-order valence-electron chi connectivity index (χ1n) is 5.94. The van der Waals surface area contributed by atoms with Crippen LogP contribution in [-0.4, -0.2) is 5.54 Å². The SMILES string of the molecule is Cc1cccc(C(C)CCC2(N)CC2)c1. The molecule has 1 aromatic carbocycles. The predicted molar refractivity (Wildman–Crippen MR) is 65.0 cm³/mol. The number of hydrogen-bond acceptors (Lipinski definition) is 1. The highest BCUT2D eigenvalue weighted by atomic mass is 14.8. The van der Waals surface area contributed by atoms with Crippen LogP contribution in [0.5, 0.6) is 0 Å². The second-order valence-electron chi connectivity index (χ2n) is 5.22. The maximum absolute atomic E-state index is 6.10. The van der Waals surface area contributed by atoms with Crippen LogP contribution in [0.3, 0.4) is 0 Å². The van der Waals surface area contributed by atoms with E-state index in [1.807, 2.05) is 0 Å². The third-order valence-electron chi connectivity index (χ3n) is 3.58. The second kappa shape index (κ2) is 3.97. The van der Waals surface area contributed by atoms with E-state index in [9.17, 15) is 0 Å². The quantitative estimate of drug-likeness (QED) is 0.797. The van der Waals surface area contributed by atoms with Crippen LogP contribution < -0.4 is 5.73 Å². The van der Waals surface area contributed by atoms with E-state index in [4.69, 9.17) is 5.73 Å². The van der Waals surface area contributed by atoms with Crippen molar-refractivity contribution < 1.29 is 0 Å². The highest BCUT2D eigenvalue weighted by Gasteiger charge is 2.37. The van der Waals surface area contributed by atoms with E-state index in [0.717, 1.165) is 0 Å². The second-order valence-corrected chi connectivity index (χ2v) is 5.22. The summed E-state index contributed by atoms with van der Waals surface area (Å²) < 4.78 is 0. The fourth-order valence-electron chi connectivity index (χ4n) is 2.06. The molecule has 0 heterocycles. The topological polar surface area (TPSA) is 26.0 Å². The molecule has 0 saturated heterocycles. The molecule has 2 N–H and O–H groups in total. The van der Waals surface area contributed by atoms with Crippen molar-refractivity contribution >= 4 is 0 Å². The Morgan fingerprint density at radius 2 is 2.13 bits per heavy atom. The van der Waals surface area contributed by atoms with Gasteiger partial charge in [0.05, 0.1) is 0 Å². The van der Waals surface area contributed by atoms with E-state index >= 15 is 0 Å². The predicted octanol–water partition coefficient (Wildman–Crippen LogP) is 3.37. The molecule has 1 aromatic rings. The number of benzene rings is 1. The van der Waals surface area contributed by atoms with Gasteiger partial charge < -0.3 is 5.73 Å². The van der Waals surface area contributed by atoms with Gasteiger partial charge in [0.25, 0.3) is 0 Å². The van der Waals surface area contributed by atoms with Gasteiger partial charge in [-0.1, -0.05) is 36.8 Å². The lowest BCUT2D eigenvalue weighted by Gasteiger charge is -2.15. The Hall–Kier alpha value is -0.820. The van der Waals surface area contributed by atoms with Crippen LogP contribution in [0.2, 0.25) is 0 Å². The van der Waals surface area contributed by atoms with Gasteiger partial charge in [0.15, 0.2) is 0 Å². The molecule has 2 rings (SSSR count). The van der Waals surface area contributed by atoms with Crippen LogP contribution in [0.4, 0.5) is 0 Å². The molecule has 82 valence electrons. The van der Waals surface area contributed by atoms with E-state index in [2.05, 4.69) is 38.1 Å². The minimum Gasteiger partial charge on any atom is -0.325 e. The van der Waals surface area contributed by atoms with Gasteiger partial charge in [-0.05, 0) is 44.1 Å². The summed E-state index contributed by atoms with van der Waals surface area (Å²) in [5, 5.41) is 0. The van der Waals surface area contributed by atoms with Crippen molar-refractivity contribution in [2.24, 2.45) is 5.73 Å². The van der Waals surface area contributed by atoms with Gasteiger partial charge in [-0.25, -0.2) is 0 Å². The highest BCUT2D eigenvalue weighted by molar-refractivity contribution is 5.25. The molecule has 1 unspecified atom stereocenters. The average molecular weight is 203 g/mol. The zero-order valence-corrected chi connectivity index (χ0v) is 9.79. The van der Waals surface area contributed by atoms with E-state index < -0.39 is 0 Å². The largest absolute Gasteiger partial charge is 0.325 e. The van der Waals surface area contributed by atoms with Gasteiger partial charge in [0.2, 0.25) is 0 Å². The summed E-state index contributed by atoms with van der Waals surface area (Å²) in [6.07, 6.45) is 4.86. The minimum absolute atomic E-state index is 0.206. The molecule has 1 aliphatic rings. The van der Waals surface area contributed by atoms with Crippen molar-refractivity contribution in [3.8, 4) is 0 Å². The molecule has 1 saturated carbocycles. The standard InChI is InChI=1S/C14H21N/c1-11-4-3-5-13(10-11)12(2)6-7-14(15)8-9-14/h3-5,10,12H,6-9,15H2,1-2H3. The minimum atomic E-state index is 0.206. The normalized spacial score (nSPS) is 19.9. The van der Waals surface area contributed by atoms with Gasteiger partial charge in [-0.2, -0.15) is 0 Å². The first-order valence-corrected chi connectivity index (χ1v) is 5.94. The fourth-order valence-corrected chi connectivity index (χ4v) is 2.06. The Labute approximate surface area is 92.7 Å².